The van der Waals surface area contributed by atoms with E-state index >= 15 is 0 Å². The molecule has 0 aliphatic rings. The molecule has 3 rings (SSSR count). The van der Waals surface area contributed by atoms with E-state index in [2.05, 4.69) is 0 Å². The highest BCUT2D eigenvalue weighted by molar-refractivity contribution is 7.87. The molecule has 204 valence electrons. The van der Waals surface area contributed by atoms with Gasteiger partial charge < -0.3 is 18.6 Å². The van der Waals surface area contributed by atoms with Gasteiger partial charge in [-0.1, -0.05) is 32.0 Å². The van der Waals surface area contributed by atoms with E-state index in [1.807, 2.05) is 13.8 Å². The molecule has 0 aromatic heterocycles. The zero-order valence-electron chi connectivity index (χ0n) is 21.3. The molecule has 0 saturated carbocycles. The molecule has 0 N–H and O–H groups in total. The third kappa shape index (κ3) is 7.41. The highest BCUT2D eigenvalue weighted by atomic mass is 32.2. The van der Waals surface area contributed by atoms with Gasteiger partial charge in [-0.15, -0.1) is 0 Å². The molecule has 1 amide bonds. The summed E-state index contributed by atoms with van der Waals surface area (Å²) in [5, 5.41) is 0. The van der Waals surface area contributed by atoms with E-state index in [1.165, 1.54) is 26.4 Å². The fraction of sp³-hybridized carbons (Fsp3) is 0.296. The number of nitrogens with zero attached hydrogens (tertiary/aromatic N) is 1. The largest absolute Gasteiger partial charge is 0.497 e. The van der Waals surface area contributed by atoms with Crippen LogP contribution in [0.3, 0.4) is 0 Å². The van der Waals surface area contributed by atoms with E-state index in [1.54, 1.807) is 35.2 Å². The fourth-order valence-corrected chi connectivity index (χ4v) is 4.62. The van der Waals surface area contributed by atoms with Gasteiger partial charge in [0.2, 0.25) is 0 Å². The van der Waals surface area contributed by atoms with Gasteiger partial charge in [-0.05, 0) is 53.9 Å². The normalized spacial score (nSPS) is 11.8. The van der Waals surface area contributed by atoms with Crippen LogP contribution in [0.4, 0.5) is 13.2 Å². The Kier molecular flexibility index (Phi) is 8.93. The predicted octanol–water partition coefficient (Wildman–Crippen LogP) is 5.79. The molecule has 0 unspecified atom stereocenters. The maximum absolute atomic E-state index is 13.4. The zero-order valence-corrected chi connectivity index (χ0v) is 22.1. The maximum Gasteiger partial charge on any atom is 0.416 e. The Bertz CT molecular complexity index is 1350. The number of amides is 1. The van der Waals surface area contributed by atoms with Crippen LogP contribution in [-0.4, -0.2) is 40.0 Å². The molecule has 0 aliphatic heterocycles. The number of carbonyl (C=O) groups excluding carboxylic acids is 1. The summed E-state index contributed by atoms with van der Waals surface area (Å²) in [6.45, 7) is 4.61. The number of alkyl halides is 3. The number of carbonyl (C=O) groups is 1. The summed E-state index contributed by atoms with van der Waals surface area (Å²) < 4.78 is 79.6. The van der Waals surface area contributed by atoms with Crippen LogP contribution < -0.4 is 13.7 Å². The van der Waals surface area contributed by atoms with Crippen molar-refractivity contribution in [3.63, 3.8) is 0 Å². The van der Waals surface area contributed by atoms with Gasteiger partial charge in [0.1, 0.15) is 22.1 Å². The summed E-state index contributed by atoms with van der Waals surface area (Å²) in [5.41, 5.74) is -0.0206. The number of ether oxygens (including phenoxy) is 2. The second-order valence-corrected chi connectivity index (χ2v) is 10.4. The van der Waals surface area contributed by atoms with Crippen LogP contribution >= 0.6 is 0 Å². The van der Waals surface area contributed by atoms with Crippen molar-refractivity contribution in [2.24, 2.45) is 5.92 Å². The van der Waals surface area contributed by atoms with Gasteiger partial charge >= 0.3 is 16.3 Å². The summed E-state index contributed by atoms with van der Waals surface area (Å²) in [4.78, 5) is 14.4. The molecule has 0 atom stereocenters. The van der Waals surface area contributed by atoms with Crippen LogP contribution in [0.5, 0.6) is 17.2 Å². The van der Waals surface area contributed by atoms with Gasteiger partial charge in [0.05, 0.1) is 19.8 Å². The van der Waals surface area contributed by atoms with Crippen LogP contribution in [0, 0.1) is 5.92 Å². The zero-order chi connectivity index (χ0) is 28.1. The SMILES string of the molecule is COc1cc(OC)cc(C(=O)N(Cc2ccc(OS(=O)(=O)c3cccc(C(F)(F)F)c3)cc2)CC(C)C)c1. The Morgan fingerprint density at radius 1 is 0.895 bits per heavy atom. The molecule has 0 saturated heterocycles. The molecule has 11 heteroatoms. The van der Waals surface area contributed by atoms with E-state index in [0.717, 1.165) is 18.2 Å². The van der Waals surface area contributed by atoms with Gasteiger partial charge in [-0.3, -0.25) is 4.79 Å². The number of hydrogen-bond donors (Lipinski definition) is 0. The van der Waals surface area contributed by atoms with Crippen LogP contribution in [-0.2, 0) is 22.8 Å². The lowest BCUT2D eigenvalue weighted by Gasteiger charge is -2.25. The average molecular weight is 552 g/mol. The summed E-state index contributed by atoms with van der Waals surface area (Å²) in [7, 11) is -1.52. The Morgan fingerprint density at radius 2 is 1.50 bits per heavy atom. The van der Waals surface area contributed by atoms with Crippen LogP contribution in [0.2, 0.25) is 0 Å². The van der Waals surface area contributed by atoms with E-state index < -0.39 is 26.8 Å². The lowest BCUT2D eigenvalue weighted by Crippen LogP contribution is -2.33. The Labute approximate surface area is 219 Å². The van der Waals surface area contributed by atoms with Gasteiger partial charge in [-0.2, -0.15) is 21.6 Å². The molecule has 3 aromatic rings. The van der Waals surface area contributed by atoms with Gasteiger partial charge in [-0.25, -0.2) is 0 Å². The van der Waals surface area contributed by atoms with Crippen molar-refractivity contribution in [3.05, 3.63) is 83.4 Å². The first-order valence-electron chi connectivity index (χ1n) is 11.6. The molecular weight excluding hydrogens is 523 g/mol. The molecule has 38 heavy (non-hydrogen) atoms. The first-order chi connectivity index (χ1) is 17.8. The number of hydrogen-bond acceptors (Lipinski definition) is 6. The minimum atomic E-state index is -4.69. The van der Waals surface area contributed by atoms with Crippen molar-refractivity contribution < 1.29 is 40.0 Å². The number of rotatable bonds is 10. The van der Waals surface area contributed by atoms with Crippen molar-refractivity contribution in [3.8, 4) is 17.2 Å². The van der Waals surface area contributed by atoms with E-state index in [0.29, 0.717) is 35.2 Å². The minimum absolute atomic E-state index is 0.0783. The molecule has 0 radical (unpaired) electrons. The second-order valence-electron chi connectivity index (χ2n) is 8.89. The van der Waals surface area contributed by atoms with Crippen LogP contribution in [0.1, 0.15) is 35.3 Å². The van der Waals surface area contributed by atoms with Crippen LogP contribution in [0.25, 0.3) is 0 Å². The quantitative estimate of drug-likeness (QED) is 0.297. The number of benzene rings is 3. The summed E-state index contributed by atoms with van der Waals surface area (Å²) in [5.74, 6) is 0.779. The van der Waals surface area contributed by atoms with Crippen molar-refractivity contribution in [1.82, 2.24) is 4.90 Å². The lowest BCUT2D eigenvalue weighted by molar-refractivity contribution is -0.137. The molecule has 0 spiro atoms. The molecular formula is C27H28F3NO6S. The Balaban J connectivity index is 1.79. The third-order valence-corrected chi connectivity index (χ3v) is 6.67. The topological polar surface area (TPSA) is 82.1 Å². The fourth-order valence-electron chi connectivity index (χ4n) is 3.65. The molecule has 0 heterocycles. The van der Waals surface area contributed by atoms with Crippen molar-refractivity contribution in [1.29, 1.82) is 0 Å². The van der Waals surface area contributed by atoms with E-state index in [-0.39, 0.29) is 24.1 Å². The standard InChI is InChI=1S/C27H28F3NO6S/c1-18(2)16-31(26(32)20-12-23(35-3)15-24(13-20)36-4)17-19-8-10-22(11-9-19)37-38(33,34)25-7-5-6-21(14-25)27(28,29)30/h5-15,18H,16-17H2,1-4H3. The smallest absolute Gasteiger partial charge is 0.416 e. The lowest BCUT2D eigenvalue weighted by atomic mass is 10.1. The highest BCUT2D eigenvalue weighted by Crippen LogP contribution is 2.31. The molecule has 0 bridgehead atoms. The van der Waals surface area contributed by atoms with Crippen molar-refractivity contribution in [2.45, 2.75) is 31.5 Å². The first-order valence-corrected chi connectivity index (χ1v) is 13.0. The van der Waals surface area contributed by atoms with Gasteiger partial charge in [0.25, 0.3) is 5.91 Å². The van der Waals surface area contributed by atoms with E-state index in [4.69, 9.17) is 13.7 Å². The molecule has 3 aromatic carbocycles. The Hall–Kier alpha value is -3.73. The average Bonchev–Trinajstić information content (AvgIpc) is 2.87. The molecule has 0 aliphatic carbocycles. The minimum Gasteiger partial charge on any atom is -0.497 e. The third-order valence-electron chi connectivity index (χ3n) is 5.42. The Morgan fingerprint density at radius 3 is 2.03 bits per heavy atom. The summed E-state index contributed by atoms with van der Waals surface area (Å²) >= 11 is 0. The van der Waals surface area contributed by atoms with Crippen molar-refractivity contribution in [2.75, 3.05) is 20.8 Å². The second kappa shape index (κ2) is 11.8. The van der Waals surface area contributed by atoms with Gasteiger partial charge in [0.15, 0.2) is 0 Å². The molecule has 0 fully saturated rings. The summed E-state index contributed by atoms with van der Waals surface area (Å²) in [6.07, 6.45) is -4.69. The molecule has 7 nitrogen and oxygen atoms in total. The first kappa shape index (κ1) is 28.8. The highest BCUT2D eigenvalue weighted by Gasteiger charge is 2.32. The monoisotopic (exact) mass is 551 g/mol. The van der Waals surface area contributed by atoms with E-state index in [9.17, 15) is 26.4 Å². The number of methoxy groups -OCH3 is 2. The maximum atomic E-state index is 13.4. The predicted molar refractivity (Wildman–Crippen MR) is 135 cm³/mol. The van der Waals surface area contributed by atoms with Gasteiger partial charge in [0, 0.05) is 24.7 Å². The number of halogens is 3. The summed E-state index contributed by atoms with van der Waals surface area (Å²) in [6, 6.07) is 14.2. The van der Waals surface area contributed by atoms with Crippen LogP contribution in [0.15, 0.2) is 71.6 Å². The van der Waals surface area contributed by atoms with Crippen molar-refractivity contribution >= 4 is 16.0 Å².